The van der Waals surface area contributed by atoms with Crippen LogP contribution < -0.4 is 5.32 Å². The van der Waals surface area contributed by atoms with Crippen molar-refractivity contribution in [3.8, 4) is 0 Å². The molecule has 29 heavy (non-hydrogen) atoms. The van der Waals surface area contributed by atoms with Crippen LogP contribution in [-0.4, -0.2) is 52.0 Å². The first-order valence-electron chi connectivity index (χ1n) is 10.1. The number of aromatic nitrogens is 2. The Morgan fingerprint density at radius 3 is 2.45 bits per heavy atom. The summed E-state index contributed by atoms with van der Waals surface area (Å²) in [5.41, 5.74) is 3.08. The van der Waals surface area contributed by atoms with Crippen LogP contribution in [0, 0.1) is 13.8 Å². The highest BCUT2D eigenvalue weighted by Gasteiger charge is 2.37. The largest absolute Gasteiger partial charge is 0.354 e. The van der Waals surface area contributed by atoms with Crippen molar-refractivity contribution in [3.63, 3.8) is 0 Å². The Labute approximate surface area is 177 Å². The highest BCUT2D eigenvalue weighted by Crippen LogP contribution is 2.35. The molecule has 1 fully saturated rings. The zero-order valence-corrected chi connectivity index (χ0v) is 17.9. The lowest BCUT2D eigenvalue weighted by atomic mass is 9.72. The molecule has 2 heterocycles. The highest BCUT2D eigenvalue weighted by molar-refractivity contribution is 6.27. The topological polar surface area (TPSA) is 67.2 Å². The molecule has 0 radical (unpaired) electrons. The van der Waals surface area contributed by atoms with Gasteiger partial charge in [0.1, 0.15) is 5.88 Å². The molecule has 1 aliphatic rings. The van der Waals surface area contributed by atoms with Crippen LogP contribution in [0.5, 0.6) is 0 Å². The number of likely N-dealkylation sites (tertiary alicyclic amines) is 1. The lowest BCUT2D eigenvalue weighted by Gasteiger charge is -2.42. The Kier molecular flexibility index (Phi) is 6.96. The molecule has 2 aromatic rings. The van der Waals surface area contributed by atoms with Gasteiger partial charge in [0, 0.05) is 43.7 Å². The molecule has 0 atom stereocenters. The number of rotatable bonds is 7. The van der Waals surface area contributed by atoms with Gasteiger partial charge in [0.25, 0.3) is 0 Å². The molecular formula is C22H29ClN4O2. The molecule has 1 aromatic carbocycles. The fourth-order valence-electron chi connectivity index (χ4n) is 4.12. The van der Waals surface area contributed by atoms with Gasteiger partial charge >= 0.3 is 0 Å². The van der Waals surface area contributed by atoms with Crippen LogP contribution in [0.3, 0.4) is 0 Å². The molecule has 1 saturated heterocycles. The van der Waals surface area contributed by atoms with E-state index in [0.29, 0.717) is 32.6 Å². The van der Waals surface area contributed by atoms with E-state index in [0.717, 1.165) is 24.2 Å². The van der Waals surface area contributed by atoms with Crippen LogP contribution in [0.15, 0.2) is 36.4 Å². The summed E-state index contributed by atoms with van der Waals surface area (Å²) in [5.74, 6) is -0.0451. The lowest BCUT2D eigenvalue weighted by molar-refractivity contribution is -0.133. The summed E-state index contributed by atoms with van der Waals surface area (Å²) in [6.07, 6.45) is 2.07. The zero-order valence-electron chi connectivity index (χ0n) is 17.2. The maximum absolute atomic E-state index is 12.7. The van der Waals surface area contributed by atoms with Gasteiger partial charge in [-0.2, -0.15) is 5.10 Å². The Morgan fingerprint density at radius 2 is 1.86 bits per heavy atom. The molecule has 2 amide bonds. The van der Waals surface area contributed by atoms with Crippen molar-refractivity contribution < 1.29 is 9.59 Å². The lowest BCUT2D eigenvalue weighted by Crippen LogP contribution is -2.50. The average Bonchev–Trinajstić information content (AvgIpc) is 3.08. The van der Waals surface area contributed by atoms with Crippen molar-refractivity contribution in [1.29, 1.82) is 0 Å². The molecule has 1 N–H and O–H groups in total. The number of alkyl halides is 1. The van der Waals surface area contributed by atoms with Crippen molar-refractivity contribution in [2.45, 2.75) is 45.1 Å². The summed E-state index contributed by atoms with van der Waals surface area (Å²) in [7, 11) is 0. The first kappa shape index (κ1) is 21.4. The number of nitrogens with one attached hydrogen (secondary N) is 1. The quantitative estimate of drug-likeness (QED) is 0.706. The summed E-state index contributed by atoms with van der Waals surface area (Å²) in [6.45, 7) is 6.47. The second-order valence-electron chi connectivity index (χ2n) is 7.84. The summed E-state index contributed by atoms with van der Waals surface area (Å²) in [4.78, 5) is 26.4. The third-order valence-electron chi connectivity index (χ3n) is 5.85. The van der Waals surface area contributed by atoms with Crippen molar-refractivity contribution >= 4 is 23.4 Å². The van der Waals surface area contributed by atoms with Crippen LogP contribution in [0.25, 0.3) is 0 Å². The maximum Gasteiger partial charge on any atom is 0.234 e. The second-order valence-corrected chi connectivity index (χ2v) is 8.11. The normalized spacial score (nSPS) is 15.9. The standard InChI is InChI=1S/C22H29ClN4O2/c1-17-14-18(2)27(25-17)11-8-21(29)26-12-9-22(10-13-26,16-24-20(28)15-23)19-6-4-3-5-7-19/h3-7,14H,8-13,15-16H2,1-2H3,(H,24,28). The number of benzene rings is 1. The first-order valence-corrected chi connectivity index (χ1v) is 10.6. The molecule has 0 aliphatic carbocycles. The summed E-state index contributed by atoms with van der Waals surface area (Å²) in [5, 5.41) is 7.39. The van der Waals surface area contributed by atoms with Crippen LogP contribution in [0.4, 0.5) is 0 Å². The fraction of sp³-hybridized carbons (Fsp3) is 0.500. The third-order valence-corrected chi connectivity index (χ3v) is 6.09. The minimum Gasteiger partial charge on any atom is -0.354 e. The molecule has 1 aliphatic heterocycles. The van der Waals surface area contributed by atoms with E-state index in [9.17, 15) is 9.59 Å². The number of nitrogens with zero attached hydrogens (tertiary/aromatic N) is 3. The van der Waals surface area contributed by atoms with Crippen LogP contribution in [0.2, 0.25) is 0 Å². The molecule has 6 nitrogen and oxygen atoms in total. The smallest absolute Gasteiger partial charge is 0.234 e. The van der Waals surface area contributed by atoms with Crippen LogP contribution in [0.1, 0.15) is 36.2 Å². The zero-order chi connectivity index (χ0) is 20.9. The Morgan fingerprint density at radius 1 is 1.17 bits per heavy atom. The van der Waals surface area contributed by atoms with E-state index in [1.54, 1.807) is 0 Å². The van der Waals surface area contributed by atoms with Crippen molar-refractivity contribution in [2.24, 2.45) is 0 Å². The minimum absolute atomic E-state index is 0.0399. The van der Waals surface area contributed by atoms with E-state index in [4.69, 9.17) is 11.6 Å². The molecule has 0 unspecified atom stereocenters. The molecule has 7 heteroatoms. The van der Waals surface area contributed by atoms with Crippen LogP contribution in [-0.2, 0) is 21.5 Å². The van der Waals surface area contributed by atoms with Crippen LogP contribution >= 0.6 is 11.6 Å². The number of carbonyl (C=O) groups excluding carboxylic acids is 2. The fourth-order valence-corrected chi connectivity index (χ4v) is 4.21. The maximum atomic E-state index is 12.7. The predicted octanol–water partition coefficient (Wildman–Crippen LogP) is 2.81. The number of halogens is 1. The molecule has 0 saturated carbocycles. The molecule has 0 bridgehead atoms. The molecule has 3 rings (SSSR count). The van der Waals surface area contributed by atoms with E-state index < -0.39 is 0 Å². The van der Waals surface area contributed by atoms with Gasteiger partial charge < -0.3 is 10.2 Å². The molecular weight excluding hydrogens is 388 g/mol. The van der Waals surface area contributed by atoms with Gasteiger partial charge in [-0.05, 0) is 38.3 Å². The van der Waals surface area contributed by atoms with Gasteiger partial charge in [0.05, 0.1) is 5.69 Å². The predicted molar refractivity (Wildman–Crippen MR) is 114 cm³/mol. The summed E-state index contributed by atoms with van der Waals surface area (Å²) >= 11 is 5.65. The van der Waals surface area contributed by atoms with Gasteiger partial charge in [-0.25, -0.2) is 0 Å². The highest BCUT2D eigenvalue weighted by atomic mass is 35.5. The number of hydrogen-bond acceptors (Lipinski definition) is 3. The number of amides is 2. The SMILES string of the molecule is Cc1cc(C)n(CCC(=O)N2CCC(CNC(=O)CCl)(c3ccccc3)CC2)n1. The number of aryl methyl sites for hydroxylation is 3. The van der Waals surface area contributed by atoms with Gasteiger partial charge in [-0.15, -0.1) is 11.6 Å². The van der Waals surface area contributed by atoms with Crippen molar-refractivity contribution in [1.82, 2.24) is 20.0 Å². The van der Waals surface area contributed by atoms with E-state index in [-0.39, 0.29) is 23.1 Å². The van der Waals surface area contributed by atoms with Gasteiger partial charge in [-0.3, -0.25) is 14.3 Å². The first-order chi connectivity index (χ1) is 13.9. The summed E-state index contributed by atoms with van der Waals surface area (Å²) < 4.78 is 1.90. The second kappa shape index (κ2) is 9.44. The van der Waals surface area contributed by atoms with E-state index >= 15 is 0 Å². The summed E-state index contributed by atoms with van der Waals surface area (Å²) in [6, 6.07) is 12.3. The minimum atomic E-state index is -0.171. The van der Waals surface area contributed by atoms with Crippen molar-refractivity contribution in [2.75, 3.05) is 25.5 Å². The van der Waals surface area contributed by atoms with Gasteiger partial charge in [-0.1, -0.05) is 30.3 Å². The molecule has 156 valence electrons. The Balaban J connectivity index is 1.62. The molecule has 0 spiro atoms. The van der Waals surface area contributed by atoms with Crippen molar-refractivity contribution in [3.05, 3.63) is 53.3 Å². The average molecular weight is 417 g/mol. The third kappa shape index (κ3) is 5.18. The van der Waals surface area contributed by atoms with E-state index in [1.165, 1.54) is 5.56 Å². The van der Waals surface area contributed by atoms with E-state index in [2.05, 4.69) is 22.5 Å². The number of hydrogen-bond donors (Lipinski definition) is 1. The van der Waals surface area contributed by atoms with Gasteiger partial charge in [0.15, 0.2) is 0 Å². The Hall–Kier alpha value is -2.34. The molecule has 1 aromatic heterocycles. The monoisotopic (exact) mass is 416 g/mol. The van der Waals surface area contributed by atoms with Gasteiger partial charge in [0.2, 0.25) is 11.8 Å². The number of carbonyl (C=O) groups is 2. The Bertz CT molecular complexity index is 842. The van der Waals surface area contributed by atoms with E-state index in [1.807, 2.05) is 47.7 Å². The number of piperidine rings is 1.